The van der Waals surface area contributed by atoms with Crippen molar-refractivity contribution in [2.45, 2.75) is 0 Å². The molecule has 0 N–H and O–H groups in total. The van der Waals surface area contributed by atoms with Gasteiger partial charge in [-0.05, 0) is 185 Å². The predicted molar refractivity (Wildman–Crippen MR) is 566 cm³/mol. The molecular formula is C126H78N10. The summed E-state index contributed by atoms with van der Waals surface area (Å²) in [4.78, 5) is 31.4. The molecule has 0 saturated carbocycles. The standard InChI is InChI=1S/2C63H39N5/c1-2-17-40(18-3-1)43-23-14-24-45(37-43)61-64-62(66-63(65-61)51-32-16-22-41-19-4-7-27-48(41)51)46-25-15-26-47(38-46)67-54-33-12-11-31-53(54)59-57(67)39-44-21-6-9-29-50(44)60(59)68-55-34-13-10-30-52(55)58-49-28-8-5-20-42(49)35-36-56(58)68;1-2-13-40(14-3-1)42-25-28-44(29-26-42)61-64-62(66-63(65-61)48-30-27-41-15-4-5-17-45(41)35-48)47-18-12-19-50(36-47)68-56-23-10-8-21-53(56)55-38-49-37-51(33-31-46(49)39-59(55)68)67-57-24-11-9-22-54(57)60-52-20-7-6-16-43(52)32-34-58(60)67/h2*1-39H. The van der Waals surface area contributed by atoms with Crippen LogP contribution in [0.4, 0.5) is 0 Å². The van der Waals surface area contributed by atoms with E-state index < -0.39 is 0 Å². The van der Waals surface area contributed by atoms with Crippen molar-refractivity contribution in [3.63, 3.8) is 0 Å². The van der Waals surface area contributed by atoms with Gasteiger partial charge in [0.05, 0.1) is 49.8 Å². The third kappa shape index (κ3) is 12.9. The third-order valence-electron chi connectivity index (χ3n) is 27.4. The number of rotatable bonds is 12. The van der Waals surface area contributed by atoms with Crippen LogP contribution < -0.4 is 0 Å². The molecule has 22 aromatic carbocycles. The van der Waals surface area contributed by atoms with E-state index in [9.17, 15) is 0 Å². The molecule has 0 unspecified atom stereocenters. The van der Waals surface area contributed by atoms with E-state index in [1.807, 2.05) is 12.1 Å². The van der Waals surface area contributed by atoms with Crippen LogP contribution in [-0.2, 0) is 0 Å². The normalized spacial score (nSPS) is 11.8. The molecule has 6 aromatic heterocycles. The molecule has 0 aliphatic carbocycles. The summed E-state index contributed by atoms with van der Waals surface area (Å²) in [6.07, 6.45) is 0. The molecule has 0 amide bonds. The summed E-state index contributed by atoms with van der Waals surface area (Å²) >= 11 is 0. The zero-order valence-corrected chi connectivity index (χ0v) is 73.5. The van der Waals surface area contributed by atoms with Gasteiger partial charge in [0.2, 0.25) is 0 Å². The first kappa shape index (κ1) is 77.6. The highest BCUT2D eigenvalue weighted by atomic mass is 15.1. The van der Waals surface area contributed by atoms with Crippen LogP contribution in [0.2, 0.25) is 0 Å². The first-order valence-electron chi connectivity index (χ1n) is 46.2. The summed E-state index contributed by atoms with van der Waals surface area (Å²) in [7, 11) is 0. The Bertz CT molecular complexity index is 9760. The average Bonchev–Trinajstić information content (AvgIpc) is 1.54. The molecule has 0 bridgehead atoms. The second-order valence-electron chi connectivity index (χ2n) is 35.2. The number of hydrogen-bond donors (Lipinski definition) is 0. The number of aromatic nitrogens is 10. The maximum atomic E-state index is 5.31. The highest BCUT2D eigenvalue weighted by Gasteiger charge is 2.27. The van der Waals surface area contributed by atoms with E-state index >= 15 is 0 Å². The Morgan fingerprint density at radius 2 is 0.485 bits per heavy atom. The van der Waals surface area contributed by atoms with Crippen LogP contribution >= 0.6 is 0 Å². The topological polar surface area (TPSA) is 97.1 Å². The van der Waals surface area contributed by atoms with Gasteiger partial charge in [0.1, 0.15) is 0 Å². The molecule has 0 aliphatic rings. The van der Waals surface area contributed by atoms with Crippen LogP contribution in [0.15, 0.2) is 473 Å². The summed E-state index contributed by atoms with van der Waals surface area (Å²) in [6.45, 7) is 0. The molecule has 10 heteroatoms. The molecule has 0 fully saturated rings. The Morgan fingerprint density at radius 1 is 0.132 bits per heavy atom. The molecule has 0 radical (unpaired) electrons. The SMILES string of the molecule is c1ccc(-c2ccc(-c3nc(-c4cccc(-n5c6ccccc6c6cc7cc(-n8c9ccccc9c9c%10ccccc%10ccc98)ccc7cc65)c4)nc(-c4ccc5ccccc5c4)n3)cc2)cc1.c1ccc(-c2cccc(-c3nc(-c4cccc(-n5c6ccccc6c6c(-n7c8ccccc8c8c9ccccc9ccc87)c7ccccc7cc65)c4)nc(-c4cccc5ccccc45)n3)c2)cc1. The first-order chi connectivity index (χ1) is 67.4. The van der Waals surface area contributed by atoms with E-state index in [0.29, 0.717) is 34.9 Å². The van der Waals surface area contributed by atoms with E-state index in [1.165, 1.54) is 125 Å². The number of nitrogens with zero attached hydrogens (tertiary/aromatic N) is 10. The second kappa shape index (κ2) is 31.7. The minimum atomic E-state index is 0.606. The molecule has 28 aromatic rings. The molecule has 0 saturated heterocycles. The highest BCUT2D eigenvalue weighted by molar-refractivity contribution is 6.27. The minimum absolute atomic E-state index is 0.606. The van der Waals surface area contributed by atoms with Crippen molar-refractivity contribution < 1.29 is 0 Å². The quantitative estimate of drug-likeness (QED) is 0.121. The van der Waals surface area contributed by atoms with Crippen LogP contribution in [0.25, 0.3) is 265 Å². The van der Waals surface area contributed by atoms with Gasteiger partial charge in [-0.3, -0.25) is 0 Å². The van der Waals surface area contributed by atoms with Gasteiger partial charge in [0, 0.05) is 98.9 Å². The lowest BCUT2D eigenvalue weighted by molar-refractivity contribution is 1.07. The van der Waals surface area contributed by atoms with E-state index in [1.54, 1.807) is 0 Å². The van der Waals surface area contributed by atoms with Gasteiger partial charge >= 0.3 is 0 Å². The smallest absolute Gasteiger partial charge is 0.164 e. The van der Waals surface area contributed by atoms with Gasteiger partial charge in [-0.25, -0.2) is 29.9 Å². The maximum absolute atomic E-state index is 5.31. The Labute approximate surface area is 781 Å². The summed E-state index contributed by atoms with van der Waals surface area (Å²) in [6, 6.07) is 169. The predicted octanol–water partition coefficient (Wildman–Crippen LogP) is 32.4. The Kier molecular flexibility index (Phi) is 18.1. The van der Waals surface area contributed by atoms with Gasteiger partial charge in [-0.15, -0.1) is 0 Å². The molecule has 10 nitrogen and oxygen atoms in total. The fourth-order valence-electron chi connectivity index (χ4n) is 21.1. The summed E-state index contributed by atoms with van der Waals surface area (Å²) in [5, 5.41) is 24.1. The van der Waals surface area contributed by atoms with Gasteiger partial charge in [0.25, 0.3) is 0 Å². The molecular weight excluding hydrogens is 1650 g/mol. The van der Waals surface area contributed by atoms with Crippen LogP contribution in [-0.4, -0.2) is 48.2 Å². The average molecular weight is 1730 g/mol. The Balaban J connectivity index is 0.000000138. The third-order valence-corrected chi connectivity index (χ3v) is 27.4. The lowest BCUT2D eigenvalue weighted by Crippen LogP contribution is -2.02. The van der Waals surface area contributed by atoms with Crippen molar-refractivity contribution >= 4 is 152 Å². The second-order valence-corrected chi connectivity index (χ2v) is 35.2. The number of fused-ring (bicyclic) bond motifs is 20. The van der Waals surface area contributed by atoms with Gasteiger partial charge < -0.3 is 18.3 Å². The first-order valence-corrected chi connectivity index (χ1v) is 46.2. The van der Waals surface area contributed by atoms with Crippen molar-refractivity contribution in [2.24, 2.45) is 0 Å². The van der Waals surface area contributed by atoms with Crippen LogP contribution in [0.1, 0.15) is 0 Å². The number of para-hydroxylation sites is 4. The van der Waals surface area contributed by atoms with Crippen molar-refractivity contribution in [3.8, 4) is 113 Å². The molecule has 0 aliphatic heterocycles. The van der Waals surface area contributed by atoms with Crippen molar-refractivity contribution in [1.82, 2.24) is 48.2 Å². The number of hydrogen-bond acceptors (Lipinski definition) is 6. The van der Waals surface area contributed by atoms with Gasteiger partial charge in [-0.2, -0.15) is 0 Å². The minimum Gasteiger partial charge on any atom is -0.309 e. The molecule has 0 atom stereocenters. The monoisotopic (exact) mass is 1730 g/mol. The van der Waals surface area contributed by atoms with Gasteiger partial charge in [-0.1, -0.05) is 370 Å². The van der Waals surface area contributed by atoms with Crippen LogP contribution in [0.3, 0.4) is 0 Å². The fourth-order valence-corrected chi connectivity index (χ4v) is 21.1. The summed E-state index contributed by atoms with van der Waals surface area (Å²) < 4.78 is 9.74. The fraction of sp³-hybridized carbons (Fsp3) is 0. The van der Waals surface area contributed by atoms with Gasteiger partial charge in [0.15, 0.2) is 34.9 Å². The lowest BCUT2D eigenvalue weighted by Gasteiger charge is -2.16. The van der Waals surface area contributed by atoms with E-state index in [-0.39, 0.29) is 0 Å². The summed E-state index contributed by atoms with van der Waals surface area (Å²) in [5.74, 6) is 3.72. The van der Waals surface area contributed by atoms with E-state index in [0.717, 1.165) is 105 Å². The van der Waals surface area contributed by atoms with E-state index in [4.69, 9.17) is 29.9 Å². The van der Waals surface area contributed by atoms with Crippen LogP contribution in [0, 0.1) is 0 Å². The molecule has 6 heterocycles. The molecule has 0 spiro atoms. The number of benzene rings is 22. The van der Waals surface area contributed by atoms with E-state index in [2.05, 4.69) is 479 Å². The molecule has 632 valence electrons. The van der Waals surface area contributed by atoms with Crippen molar-refractivity contribution in [3.05, 3.63) is 473 Å². The highest BCUT2D eigenvalue weighted by Crippen LogP contribution is 2.48. The summed E-state index contributed by atoms with van der Waals surface area (Å²) in [5.41, 5.74) is 23.7. The van der Waals surface area contributed by atoms with Crippen LogP contribution in [0.5, 0.6) is 0 Å². The van der Waals surface area contributed by atoms with Crippen molar-refractivity contribution in [2.75, 3.05) is 0 Å². The van der Waals surface area contributed by atoms with Crippen molar-refractivity contribution in [1.29, 1.82) is 0 Å². The Morgan fingerprint density at radius 3 is 1.10 bits per heavy atom. The lowest BCUT2D eigenvalue weighted by atomic mass is 10.0. The molecule has 136 heavy (non-hydrogen) atoms. The molecule has 28 rings (SSSR count). The maximum Gasteiger partial charge on any atom is 0.164 e. The zero-order valence-electron chi connectivity index (χ0n) is 73.5. The largest absolute Gasteiger partial charge is 0.309 e. The Hall–Kier alpha value is -18.4. The zero-order chi connectivity index (χ0) is 89.4.